The molecule has 0 aromatic rings. The SMILES string of the molecule is CC(C)COC(=O)[C@@H](CC1CCCC1)[C@H](N[S@@](=O)C(C)(C)C)C(F)(F)F. The molecule has 1 rings (SSSR count). The Hall–Kier alpha value is -0.630. The fraction of sp³-hybridized carbons (Fsp3) is 0.944. The van der Waals surface area contributed by atoms with Crippen molar-refractivity contribution in [2.75, 3.05) is 6.61 Å². The van der Waals surface area contributed by atoms with E-state index in [4.69, 9.17) is 4.74 Å². The molecule has 4 nitrogen and oxygen atoms in total. The first-order valence-electron chi connectivity index (χ1n) is 9.23. The number of carbonyl (C=O) groups is 1. The van der Waals surface area contributed by atoms with Crippen molar-refractivity contribution in [2.24, 2.45) is 17.8 Å². The summed E-state index contributed by atoms with van der Waals surface area (Å²) in [5.74, 6) is -2.14. The van der Waals surface area contributed by atoms with Gasteiger partial charge in [0.05, 0.1) is 28.3 Å². The molecule has 1 saturated carbocycles. The van der Waals surface area contributed by atoms with Gasteiger partial charge in [0.15, 0.2) is 0 Å². The molecule has 0 bridgehead atoms. The van der Waals surface area contributed by atoms with Gasteiger partial charge < -0.3 is 4.74 Å². The zero-order valence-corrected chi connectivity index (χ0v) is 17.1. The smallest absolute Gasteiger partial charge is 0.405 e. The first-order chi connectivity index (χ1) is 11.8. The Kier molecular flexibility index (Phi) is 8.58. The van der Waals surface area contributed by atoms with Crippen molar-refractivity contribution in [3.63, 3.8) is 0 Å². The third kappa shape index (κ3) is 7.55. The van der Waals surface area contributed by atoms with Gasteiger partial charge in [0.1, 0.15) is 6.04 Å². The van der Waals surface area contributed by atoms with Gasteiger partial charge in [-0.25, -0.2) is 8.93 Å². The molecule has 1 fully saturated rings. The fourth-order valence-corrected chi connectivity index (χ4v) is 3.88. The number of nitrogens with one attached hydrogen (secondary N) is 1. The van der Waals surface area contributed by atoms with Gasteiger partial charge in [-0.05, 0) is 39.0 Å². The molecule has 0 spiro atoms. The van der Waals surface area contributed by atoms with Crippen LogP contribution in [0.2, 0.25) is 0 Å². The molecule has 8 heteroatoms. The van der Waals surface area contributed by atoms with Crippen molar-refractivity contribution < 1.29 is 26.9 Å². The van der Waals surface area contributed by atoms with E-state index in [9.17, 15) is 22.2 Å². The van der Waals surface area contributed by atoms with Crippen molar-refractivity contribution in [3.8, 4) is 0 Å². The largest absolute Gasteiger partial charge is 0.465 e. The molecule has 1 aliphatic rings. The third-order valence-electron chi connectivity index (χ3n) is 4.47. The van der Waals surface area contributed by atoms with Gasteiger partial charge in [-0.15, -0.1) is 0 Å². The summed E-state index contributed by atoms with van der Waals surface area (Å²) in [5.41, 5.74) is 0. The van der Waals surface area contributed by atoms with Crippen LogP contribution in [0.4, 0.5) is 13.2 Å². The summed E-state index contributed by atoms with van der Waals surface area (Å²) < 4.78 is 60.0. The van der Waals surface area contributed by atoms with Gasteiger partial charge >= 0.3 is 12.1 Å². The Morgan fingerprint density at radius 2 is 1.73 bits per heavy atom. The van der Waals surface area contributed by atoms with Crippen LogP contribution >= 0.6 is 0 Å². The van der Waals surface area contributed by atoms with Crippen LogP contribution in [0.5, 0.6) is 0 Å². The topological polar surface area (TPSA) is 55.4 Å². The Morgan fingerprint density at radius 3 is 2.15 bits per heavy atom. The van der Waals surface area contributed by atoms with Gasteiger partial charge in [0.2, 0.25) is 0 Å². The number of halogens is 3. The van der Waals surface area contributed by atoms with Crippen LogP contribution in [0.15, 0.2) is 0 Å². The molecule has 154 valence electrons. The van der Waals surface area contributed by atoms with E-state index in [0.29, 0.717) is 0 Å². The maximum Gasteiger partial charge on any atom is 0.405 e. The average molecular weight is 400 g/mol. The summed E-state index contributed by atoms with van der Waals surface area (Å²) in [4.78, 5) is 12.5. The lowest BCUT2D eigenvalue weighted by Crippen LogP contribution is -2.54. The maximum atomic E-state index is 13.7. The summed E-state index contributed by atoms with van der Waals surface area (Å²) in [6.45, 7) is 8.50. The molecular formula is C18H32F3NO3S. The molecule has 3 atom stereocenters. The summed E-state index contributed by atoms with van der Waals surface area (Å²) >= 11 is 0. The molecule has 0 aliphatic heterocycles. The predicted octanol–water partition coefficient (Wildman–Crippen LogP) is 4.36. The van der Waals surface area contributed by atoms with E-state index in [1.807, 2.05) is 13.8 Å². The lowest BCUT2D eigenvalue weighted by Gasteiger charge is -2.32. The van der Waals surface area contributed by atoms with Crippen LogP contribution in [-0.4, -0.2) is 33.8 Å². The highest BCUT2D eigenvalue weighted by atomic mass is 32.2. The Labute approximate surface area is 157 Å². The number of esters is 1. The van der Waals surface area contributed by atoms with E-state index in [-0.39, 0.29) is 24.9 Å². The second kappa shape index (κ2) is 9.53. The van der Waals surface area contributed by atoms with Gasteiger partial charge in [0, 0.05) is 0 Å². The highest BCUT2D eigenvalue weighted by Gasteiger charge is 2.50. The maximum absolute atomic E-state index is 13.7. The van der Waals surface area contributed by atoms with Crippen LogP contribution in [0.1, 0.15) is 66.7 Å². The van der Waals surface area contributed by atoms with E-state index in [1.54, 1.807) is 20.8 Å². The van der Waals surface area contributed by atoms with Crippen molar-refractivity contribution in [1.29, 1.82) is 0 Å². The molecule has 1 aliphatic carbocycles. The van der Waals surface area contributed by atoms with E-state index < -0.39 is 39.8 Å². The Morgan fingerprint density at radius 1 is 1.19 bits per heavy atom. The van der Waals surface area contributed by atoms with Crippen LogP contribution in [0.25, 0.3) is 0 Å². The quantitative estimate of drug-likeness (QED) is 0.617. The zero-order valence-electron chi connectivity index (χ0n) is 16.3. The van der Waals surface area contributed by atoms with Crippen LogP contribution < -0.4 is 4.72 Å². The zero-order chi connectivity index (χ0) is 20.1. The summed E-state index contributed by atoms with van der Waals surface area (Å²) in [5, 5.41) is 0. The number of hydrogen-bond donors (Lipinski definition) is 1. The molecule has 0 radical (unpaired) electrons. The number of ether oxygens (including phenoxy) is 1. The predicted molar refractivity (Wildman–Crippen MR) is 96.7 cm³/mol. The lowest BCUT2D eigenvalue weighted by atomic mass is 9.88. The van der Waals surface area contributed by atoms with E-state index in [2.05, 4.69) is 4.72 Å². The molecular weight excluding hydrogens is 367 g/mol. The fourth-order valence-electron chi connectivity index (χ4n) is 3.00. The van der Waals surface area contributed by atoms with Gasteiger partial charge in [-0.2, -0.15) is 13.2 Å². The second-order valence-electron chi connectivity index (χ2n) is 8.53. The van der Waals surface area contributed by atoms with E-state index in [1.165, 1.54) is 0 Å². The molecule has 0 aromatic heterocycles. The minimum Gasteiger partial charge on any atom is -0.465 e. The first-order valence-corrected chi connectivity index (χ1v) is 10.4. The van der Waals surface area contributed by atoms with Gasteiger partial charge in [-0.1, -0.05) is 39.5 Å². The normalized spacial score (nSPS) is 20.2. The summed E-state index contributed by atoms with van der Waals surface area (Å²) in [6.07, 6.45) is -1.01. The van der Waals surface area contributed by atoms with Crippen LogP contribution in [0, 0.1) is 17.8 Å². The number of alkyl halides is 3. The van der Waals surface area contributed by atoms with Crippen molar-refractivity contribution in [1.82, 2.24) is 4.72 Å². The molecule has 0 heterocycles. The second-order valence-corrected chi connectivity index (χ2v) is 10.5. The van der Waals surface area contributed by atoms with Crippen molar-refractivity contribution in [3.05, 3.63) is 0 Å². The molecule has 1 N–H and O–H groups in total. The molecule has 0 amide bonds. The van der Waals surface area contributed by atoms with Crippen molar-refractivity contribution in [2.45, 2.75) is 83.7 Å². The highest BCUT2D eigenvalue weighted by Crippen LogP contribution is 2.36. The van der Waals surface area contributed by atoms with E-state index in [0.717, 1.165) is 25.7 Å². The molecule has 0 aromatic carbocycles. The summed E-state index contributed by atoms with van der Waals surface area (Å²) in [6, 6.07) is -2.18. The lowest BCUT2D eigenvalue weighted by molar-refractivity contribution is -0.180. The standard InChI is InChI=1S/C18H32F3NO3S/c1-12(2)11-25-16(23)14(10-13-8-6-7-9-13)15(18(19,20)21)22-26(24)17(3,4)5/h12-15,22H,6-11H2,1-5H3/t14-,15-,26-/m0/s1. The minimum absolute atomic E-state index is 0.0343. The molecule has 0 saturated heterocycles. The Bertz CT molecular complexity index is 483. The Balaban J connectivity index is 3.05. The monoisotopic (exact) mass is 399 g/mol. The van der Waals surface area contributed by atoms with Crippen LogP contribution in [-0.2, 0) is 20.5 Å². The number of hydrogen-bond acceptors (Lipinski definition) is 3. The first kappa shape index (κ1) is 23.4. The van der Waals surface area contributed by atoms with Gasteiger partial charge in [0.25, 0.3) is 0 Å². The number of rotatable bonds is 8. The average Bonchev–Trinajstić information content (AvgIpc) is 2.98. The van der Waals surface area contributed by atoms with Crippen LogP contribution in [0.3, 0.4) is 0 Å². The number of carbonyl (C=O) groups excluding carboxylic acids is 1. The minimum atomic E-state index is -4.69. The van der Waals surface area contributed by atoms with Crippen molar-refractivity contribution >= 4 is 17.0 Å². The molecule has 0 unspecified atom stereocenters. The third-order valence-corrected chi connectivity index (χ3v) is 6.05. The highest BCUT2D eigenvalue weighted by molar-refractivity contribution is 7.84. The summed E-state index contributed by atoms with van der Waals surface area (Å²) in [7, 11) is -1.94. The molecule has 26 heavy (non-hydrogen) atoms. The van der Waals surface area contributed by atoms with Gasteiger partial charge in [-0.3, -0.25) is 4.79 Å². The van der Waals surface area contributed by atoms with E-state index >= 15 is 0 Å².